The normalized spacial score (nSPS) is 11.9. The number of halogens is 2. The minimum atomic E-state index is -3.69. The van der Waals surface area contributed by atoms with Crippen LogP contribution in [-0.4, -0.2) is 15.0 Å². The minimum absolute atomic E-state index is 0.0274. The highest BCUT2D eigenvalue weighted by atomic mass is 79.9. The van der Waals surface area contributed by atoms with Gasteiger partial charge in [0.05, 0.1) is 9.37 Å². The Hall–Kier alpha value is -0.560. The Kier molecular flexibility index (Phi) is 4.79. The Morgan fingerprint density at radius 1 is 1.50 bits per heavy atom. The molecule has 0 heterocycles. The molecule has 2 N–H and O–H groups in total. The molecule has 1 aromatic rings. The van der Waals surface area contributed by atoms with Crippen molar-refractivity contribution in [1.29, 1.82) is 0 Å². The van der Waals surface area contributed by atoms with E-state index in [9.17, 15) is 8.42 Å². The monoisotopic (exact) mass is 325 g/mol. The predicted molar refractivity (Wildman–Crippen MR) is 66.0 cm³/mol. The van der Waals surface area contributed by atoms with E-state index < -0.39 is 10.0 Å². The molecule has 0 atom stereocenters. The van der Waals surface area contributed by atoms with Gasteiger partial charge in [-0.15, -0.1) is 0 Å². The number of hydrogen-bond donors (Lipinski definition) is 1. The Morgan fingerprint density at radius 3 is 2.69 bits per heavy atom. The highest BCUT2D eigenvalue weighted by Gasteiger charge is 2.10. The maximum absolute atomic E-state index is 11.0. The first kappa shape index (κ1) is 13.5. The van der Waals surface area contributed by atoms with Crippen molar-refractivity contribution in [3.05, 3.63) is 34.3 Å². The summed E-state index contributed by atoms with van der Waals surface area (Å²) < 4.78 is 27.9. The summed E-state index contributed by atoms with van der Waals surface area (Å²) in [6.45, 7) is 0.302. The van der Waals surface area contributed by atoms with Gasteiger partial charge in [-0.25, -0.2) is 13.6 Å². The Labute approximate surface area is 107 Å². The third-order valence-electron chi connectivity index (χ3n) is 1.66. The van der Waals surface area contributed by atoms with E-state index in [2.05, 4.69) is 15.9 Å². The fraction of sp³-hybridized carbons (Fsp3) is 0.111. The van der Waals surface area contributed by atoms with Crippen LogP contribution < -0.4 is 9.88 Å². The molecule has 0 radical (unpaired) electrons. The SMILES string of the molecule is NS(=O)(=O)c1ccc(OC/C=C/Cl)c(Br)c1. The highest BCUT2D eigenvalue weighted by Crippen LogP contribution is 2.27. The molecule has 0 bridgehead atoms. The maximum Gasteiger partial charge on any atom is 0.238 e. The summed E-state index contributed by atoms with van der Waals surface area (Å²) in [6.07, 6.45) is 1.61. The van der Waals surface area contributed by atoms with Crippen molar-refractivity contribution < 1.29 is 13.2 Å². The lowest BCUT2D eigenvalue weighted by Crippen LogP contribution is -2.12. The van der Waals surface area contributed by atoms with E-state index in [0.717, 1.165) is 0 Å². The van der Waals surface area contributed by atoms with Crippen LogP contribution in [0.15, 0.2) is 39.2 Å². The van der Waals surface area contributed by atoms with Crippen molar-refractivity contribution in [3.8, 4) is 5.75 Å². The number of nitrogens with two attached hydrogens (primary N) is 1. The molecule has 0 aliphatic heterocycles. The van der Waals surface area contributed by atoms with Crippen molar-refractivity contribution in [3.63, 3.8) is 0 Å². The number of primary sulfonamides is 1. The van der Waals surface area contributed by atoms with Crippen LogP contribution in [0.4, 0.5) is 0 Å². The summed E-state index contributed by atoms with van der Waals surface area (Å²) in [7, 11) is -3.69. The lowest BCUT2D eigenvalue weighted by atomic mass is 10.3. The number of benzene rings is 1. The number of hydrogen-bond acceptors (Lipinski definition) is 3. The van der Waals surface area contributed by atoms with Crippen LogP contribution >= 0.6 is 27.5 Å². The van der Waals surface area contributed by atoms with Crippen molar-refractivity contribution in [2.24, 2.45) is 5.14 Å². The van der Waals surface area contributed by atoms with Gasteiger partial charge in [0, 0.05) is 5.54 Å². The van der Waals surface area contributed by atoms with Crippen LogP contribution in [0.5, 0.6) is 5.75 Å². The van der Waals surface area contributed by atoms with E-state index in [1.807, 2.05) is 0 Å². The first-order chi connectivity index (χ1) is 7.45. The molecule has 1 aromatic carbocycles. The zero-order valence-corrected chi connectivity index (χ0v) is 11.2. The van der Waals surface area contributed by atoms with Crippen molar-refractivity contribution in [1.82, 2.24) is 0 Å². The molecular formula is C9H9BrClNO3S. The summed E-state index contributed by atoms with van der Waals surface area (Å²) in [4.78, 5) is 0.0274. The number of rotatable bonds is 4. The van der Waals surface area contributed by atoms with E-state index in [1.54, 1.807) is 6.08 Å². The molecule has 4 nitrogen and oxygen atoms in total. The first-order valence-corrected chi connectivity index (χ1v) is 6.93. The number of ether oxygens (including phenoxy) is 1. The highest BCUT2D eigenvalue weighted by molar-refractivity contribution is 9.10. The fourth-order valence-corrected chi connectivity index (χ4v) is 2.21. The topological polar surface area (TPSA) is 69.4 Å². The summed E-state index contributed by atoms with van der Waals surface area (Å²) in [5.74, 6) is 0.516. The lowest BCUT2D eigenvalue weighted by molar-refractivity contribution is 0.360. The molecule has 0 unspecified atom stereocenters. The quantitative estimate of drug-likeness (QED) is 0.922. The molecule has 0 fully saturated rings. The van der Waals surface area contributed by atoms with Gasteiger partial charge < -0.3 is 4.74 Å². The average Bonchev–Trinajstić information content (AvgIpc) is 2.19. The largest absolute Gasteiger partial charge is 0.488 e. The van der Waals surface area contributed by atoms with E-state index >= 15 is 0 Å². The van der Waals surface area contributed by atoms with Crippen LogP contribution in [0.3, 0.4) is 0 Å². The van der Waals surface area contributed by atoms with Crippen LogP contribution in [0.25, 0.3) is 0 Å². The standard InChI is InChI=1S/C9H9BrClNO3S/c10-8-6-7(16(12,13)14)2-3-9(8)15-5-1-4-11/h1-4,6H,5H2,(H2,12,13,14)/b4-1+. The van der Waals surface area contributed by atoms with Gasteiger partial charge in [-0.3, -0.25) is 0 Å². The van der Waals surface area contributed by atoms with Gasteiger partial charge in [0.1, 0.15) is 12.4 Å². The van der Waals surface area contributed by atoms with E-state index in [0.29, 0.717) is 16.8 Å². The van der Waals surface area contributed by atoms with Gasteiger partial charge in [0.25, 0.3) is 0 Å². The molecule has 0 saturated heterocycles. The van der Waals surface area contributed by atoms with E-state index in [-0.39, 0.29) is 4.90 Å². The molecule has 0 aliphatic rings. The fourth-order valence-electron chi connectivity index (χ4n) is 0.950. The first-order valence-electron chi connectivity index (χ1n) is 4.15. The predicted octanol–water partition coefficient (Wildman–Crippen LogP) is 2.23. The molecule has 16 heavy (non-hydrogen) atoms. The molecule has 7 heteroatoms. The molecule has 1 rings (SSSR count). The molecule has 0 amide bonds. The molecule has 0 saturated carbocycles. The molecule has 88 valence electrons. The summed E-state index contributed by atoms with van der Waals surface area (Å²) in [5.41, 5.74) is 1.34. The van der Waals surface area contributed by atoms with Crippen molar-refractivity contribution in [2.75, 3.05) is 6.61 Å². The van der Waals surface area contributed by atoms with Crippen LogP contribution in [0, 0.1) is 0 Å². The van der Waals surface area contributed by atoms with E-state index in [1.165, 1.54) is 23.7 Å². The van der Waals surface area contributed by atoms with Gasteiger partial charge in [-0.1, -0.05) is 11.6 Å². The average molecular weight is 327 g/mol. The Morgan fingerprint density at radius 2 is 2.19 bits per heavy atom. The number of sulfonamides is 1. The van der Waals surface area contributed by atoms with Gasteiger partial charge in [-0.2, -0.15) is 0 Å². The second-order valence-electron chi connectivity index (χ2n) is 2.81. The molecule has 0 aliphatic carbocycles. The lowest BCUT2D eigenvalue weighted by Gasteiger charge is -2.06. The van der Waals surface area contributed by atoms with Gasteiger partial charge in [-0.05, 0) is 40.2 Å². The summed E-state index contributed by atoms with van der Waals surface area (Å²) >= 11 is 8.51. The van der Waals surface area contributed by atoms with Crippen LogP contribution in [0.2, 0.25) is 0 Å². The Balaban J connectivity index is 2.92. The second kappa shape index (κ2) is 5.67. The smallest absolute Gasteiger partial charge is 0.238 e. The van der Waals surface area contributed by atoms with Crippen LogP contribution in [0.1, 0.15) is 0 Å². The molecule has 0 aromatic heterocycles. The maximum atomic E-state index is 11.0. The molecular weight excluding hydrogens is 318 g/mol. The van der Waals surface area contributed by atoms with Crippen LogP contribution in [-0.2, 0) is 10.0 Å². The summed E-state index contributed by atoms with van der Waals surface area (Å²) in [6, 6.07) is 4.28. The summed E-state index contributed by atoms with van der Waals surface area (Å²) in [5, 5.41) is 4.98. The Bertz CT molecular complexity index is 501. The second-order valence-corrected chi connectivity index (χ2v) is 5.48. The van der Waals surface area contributed by atoms with Crippen molar-refractivity contribution >= 4 is 37.6 Å². The van der Waals surface area contributed by atoms with Gasteiger partial charge in [0.15, 0.2) is 0 Å². The third-order valence-corrected chi connectivity index (χ3v) is 3.36. The zero-order chi connectivity index (χ0) is 12.2. The van der Waals surface area contributed by atoms with E-state index in [4.69, 9.17) is 21.5 Å². The minimum Gasteiger partial charge on any atom is -0.488 e. The molecule has 0 spiro atoms. The third kappa shape index (κ3) is 3.79. The van der Waals surface area contributed by atoms with Crippen molar-refractivity contribution in [2.45, 2.75) is 4.90 Å². The van der Waals surface area contributed by atoms with Gasteiger partial charge >= 0.3 is 0 Å². The zero-order valence-electron chi connectivity index (χ0n) is 8.06. The van der Waals surface area contributed by atoms with Gasteiger partial charge in [0.2, 0.25) is 10.0 Å².